The van der Waals surface area contributed by atoms with E-state index in [1.807, 2.05) is 0 Å². The van der Waals surface area contributed by atoms with E-state index in [9.17, 15) is 0 Å². The van der Waals surface area contributed by atoms with Gasteiger partial charge in [0.25, 0.3) is 0 Å². The maximum atomic E-state index is 3.89. The summed E-state index contributed by atoms with van der Waals surface area (Å²) in [5, 5.41) is 3.89. The molecule has 0 saturated heterocycles. The van der Waals surface area contributed by atoms with Crippen LogP contribution in [0.1, 0.15) is 57.6 Å². The monoisotopic (exact) mass is 288 g/mol. The van der Waals surface area contributed by atoms with E-state index in [-0.39, 0.29) is 5.54 Å². The molecule has 1 atom stereocenters. The lowest BCUT2D eigenvalue weighted by Crippen LogP contribution is -2.48. The summed E-state index contributed by atoms with van der Waals surface area (Å²) in [6.45, 7) is 5.64. The fraction of sp³-hybridized carbons (Fsp3) is 0.684. The molecule has 0 aromatic heterocycles. The van der Waals surface area contributed by atoms with Crippen LogP contribution in [0.4, 0.5) is 0 Å². The van der Waals surface area contributed by atoms with E-state index in [0.29, 0.717) is 6.04 Å². The second-order valence-electron chi connectivity index (χ2n) is 7.37. The van der Waals surface area contributed by atoms with Gasteiger partial charge in [0.15, 0.2) is 0 Å². The first-order chi connectivity index (χ1) is 10.0. The fourth-order valence-corrected chi connectivity index (χ4v) is 3.20. The Kier molecular flexibility index (Phi) is 5.83. The molecule has 1 N–H and O–H groups in total. The standard InChI is InChI=1S/C19H32N2/c1-19(2,21(3)4)15-20-18(16-11-7-5-8-12-16)17-13-9-6-10-14-17/h5,7-8,11-12,17-18,20H,6,9-10,13-15H2,1-4H3. The molecule has 1 fully saturated rings. The number of likely N-dealkylation sites (N-methyl/N-ethyl adjacent to an activating group) is 1. The van der Waals surface area contributed by atoms with Gasteiger partial charge in [-0.15, -0.1) is 0 Å². The Labute approximate surface area is 130 Å². The summed E-state index contributed by atoms with van der Waals surface area (Å²) < 4.78 is 0. The van der Waals surface area contributed by atoms with Gasteiger partial charge in [-0.05, 0) is 52.3 Å². The molecule has 0 radical (unpaired) electrons. The Morgan fingerprint density at radius 2 is 1.71 bits per heavy atom. The molecule has 0 bridgehead atoms. The molecule has 2 rings (SSSR count). The van der Waals surface area contributed by atoms with Crippen LogP contribution in [-0.2, 0) is 0 Å². The van der Waals surface area contributed by atoms with Gasteiger partial charge in [-0.25, -0.2) is 0 Å². The average molecular weight is 288 g/mol. The molecule has 1 aromatic carbocycles. The topological polar surface area (TPSA) is 15.3 Å². The van der Waals surface area contributed by atoms with Crippen molar-refractivity contribution >= 4 is 0 Å². The van der Waals surface area contributed by atoms with Gasteiger partial charge < -0.3 is 10.2 Å². The summed E-state index contributed by atoms with van der Waals surface area (Å²) in [4.78, 5) is 2.31. The third kappa shape index (κ3) is 4.55. The Morgan fingerprint density at radius 1 is 1.10 bits per heavy atom. The molecule has 1 unspecified atom stereocenters. The Hall–Kier alpha value is -0.860. The highest BCUT2D eigenvalue weighted by molar-refractivity contribution is 5.20. The van der Waals surface area contributed by atoms with Crippen LogP contribution in [0.2, 0.25) is 0 Å². The molecule has 0 amide bonds. The van der Waals surface area contributed by atoms with Crippen molar-refractivity contribution in [2.24, 2.45) is 5.92 Å². The average Bonchev–Trinajstić information content (AvgIpc) is 2.49. The third-order valence-corrected chi connectivity index (χ3v) is 5.25. The molecule has 1 aliphatic rings. The van der Waals surface area contributed by atoms with Gasteiger partial charge in [0.05, 0.1) is 0 Å². The SMILES string of the molecule is CN(C)C(C)(C)CNC(c1ccccc1)C1CCCCC1. The predicted molar refractivity (Wildman–Crippen MR) is 91.5 cm³/mol. The molecule has 0 aliphatic heterocycles. The first-order valence-corrected chi connectivity index (χ1v) is 8.46. The van der Waals surface area contributed by atoms with E-state index in [2.05, 4.69) is 68.5 Å². The van der Waals surface area contributed by atoms with Crippen molar-refractivity contribution in [2.45, 2.75) is 57.5 Å². The van der Waals surface area contributed by atoms with E-state index in [1.165, 1.54) is 37.7 Å². The van der Waals surface area contributed by atoms with Crippen LogP contribution in [0.25, 0.3) is 0 Å². The summed E-state index contributed by atoms with van der Waals surface area (Å²) >= 11 is 0. The molecule has 118 valence electrons. The number of rotatable bonds is 6. The molecular weight excluding hydrogens is 256 g/mol. The van der Waals surface area contributed by atoms with Crippen molar-refractivity contribution in [1.82, 2.24) is 10.2 Å². The van der Waals surface area contributed by atoms with Crippen LogP contribution >= 0.6 is 0 Å². The summed E-state index contributed by atoms with van der Waals surface area (Å²) in [6, 6.07) is 11.5. The minimum atomic E-state index is 0.182. The molecule has 0 heterocycles. The maximum absolute atomic E-state index is 3.89. The molecule has 1 aliphatic carbocycles. The summed E-state index contributed by atoms with van der Waals surface area (Å²) in [5.74, 6) is 0.791. The van der Waals surface area contributed by atoms with Crippen molar-refractivity contribution in [3.8, 4) is 0 Å². The van der Waals surface area contributed by atoms with E-state index in [0.717, 1.165) is 12.5 Å². The van der Waals surface area contributed by atoms with Gasteiger partial charge in [0, 0.05) is 18.1 Å². The van der Waals surface area contributed by atoms with Crippen molar-refractivity contribution in [2.75, 3.05) is 20.6 Å². The zero-order valence-electron chi connectivity index (χ0n) is 14.2. The van der Waals surface area contributed by atoms with Crippen LogP contribution in [0.5, 0.6) is 0 Å². The lowest BCUT2D eigenvalue weighted by atomic mass is 9.81. The van der Waals surface area contributed by atoms with E-state index < -0.39 is 0 Å². The molecule has 1 saturated carbocycles. The zero-order chi connectivity index (χ0) is 15.3. The van der Waals surface area contributed by atoms with Crippen molar-refractivity contribution in [3.63, 3.8) is 0 Å². The molecule has 2 nitrogen and oxygen atoms in total. The van der Waals surface area contributed by atoms with Crippen molar-refractivity contribution in [1.29, 1.82) is 0 Å². The summed E-state index contributed by atoms with van der Waals surface area (Å²) in [7, 11) is 4.33. The largest absolute Gasteiger partial charge is 0.308 e. The van der Waals surface area contributed by atoms with Crippen LogP contribution in [0.3, 0.4) is 0 Å². The van der Waals surface area contributed by atoms with Crippen LogP contribution in [0, 0.1) is 5.92 Å². The summed E-state index contributed by atoms with van der Waals surface area (Å²) in [6.07, 6.45) is 6.95. The zero-order valence-corrected chi connectivity index (χ0v) is 14.2. The second-order valence-corrected chi connectivity index (χ2v) is 7.37. The highest BCUT2D eigenvalue weighted by atomic mass is 15.2. The van der Waals surface area contributed by atoms with Crippen molar-refractivity contribution in [3.05, 3.63) is 35.9 Å². The first-order valence-electron chi connectivity index (χ1n) is 8.46. The highest BCUT2D eigenvalue weighted by Crippen LogP contribution is 2.34. The molecule has 0 spiro atoms. The number of nitrogens with one attached hydrogen (secondary N) is 1. The first kappa shape index (κ1) is 16.5. The molecule has 21 heavy (non-hydrogen) atoms. The van der Waals surface area contributed by atoms with Gasteiger partial charge in [-0.1, -0.05) is 49.6 Å². The summed E-state index contributed by atoms with van der Waals surface area (Å²) in [5.41, 5.74) is 1.64. The van der Waals surface area contributed by atoms with Gasteiger partial charge in [0.1, 0.15) is 0 Å². The third-order valence-electron chi connectivity index (χ3n) is 5.25. The molecule has 2 heteroatoms. The second kappa shape index (κ2) is 7.42. The smallest absolute Gasteiger partial charge is 0.0349 e. The Morgan fingerprint density at radius 3 is 2.29 bits per heavy atom. The van der Waals surface area contributed by atoms with Crippen molar-refractivity contribution < 1.29 is 0 Å². The fourth-order valence-electron chi connectivity index (χ4n) is 3.20. The quantitative estimate of drug-likeness (QED) is 0.842. The predicted octanol–water partition coefficient (Wildman–Crippen LogP) is 4.24. The number of benzene rings is 1. The lowest BCUT2D eigenvalue weighted by molar-refractivity contribution is 0.169. The van der Waals surface area contributed by atoms with Gasteiger partial charge in [0.2, 0.25) is 0 Å². The van der Waals surface area contributed by atoms with Gasteiger partial charge in [-0.2, -0.15) is 0 Å². The minimum absolute atomic E-state index is 0.182. The maximum Gasteiger partial charge on any atom is 0.0349 e. The minimum Gasteiger partial charge on any atom is -0.308 e. The lowest BCUT2D eigenvalue weighted by Gasteiger charge is -2.37. The number of hydrogen-bond donors (Lipinski definition) is 1. The number of hydrogen-bond acceptors (Lipinski definition) is 2. The van der Waals surface area contributed by atoms with Gasteiger partial charge in [-0.3, -0.25) is 0 Å². The van der Waals surface area contributed by atoms with E-state index >= 15 is 0 Å². The van der Waals surface area contributed by atoms with Gasteiger partial charge >= 0.3 is 0 Å². The molecule has 1 aromatic rings. The van der Waals surface area contributed by atoms with E-state index in [4.69, 9.17) is 0 Å². The highest BCUT2D eigenvalue weighted by Gasteiger charge is 2.28. The van der Waals surface area contributed by atoms with Crippen LogP contribution in [-0.4, -0.2) is 31.1 Å². The number of nitrogens with zero attached hydrogens (tertiary/aromatic N) is 1. The Balaban J connectivity index is 2.09. The molecular formula is C19H32N2. The Bertz CT molecular complexity index is 405. The van der Waals surface area contributed by atoms with Crippen LogP contribution in [0.15, 0.2) is 30.3 Å². The van der Waals surface area contributed by atoms with E-state index in [1.54, 1.807) is 0 Å². The normalized spacial score (nSPS) is 18.9. The van der Waals surface area contributed by atoms with Crippen LogP contribution < -0.4 is 5.32 Å².